The minimum atomic E-state index is 0.0712. The van der Waals surface area contributed by atoms with Crippen LogP contribution < -0.4 is 0 Å². The van der Waals surface area contributed by atoms with Gasteiger partial charge in [-0.2, -0.15) is 5.26 Å². The fourth-order valence-electron chi connectivity index (χ4n) is 1.40. The lowest BCUT2D eigenvalue weighted by atomic mass is 10.2. The summed E-state index contributed by atoms with van der Waals surface area (Å²) in [6.45, 7) is 0.0712. The summed E-state index contributed by atoms with van der Waals surface area (Å²) in [6, 6.07) is 17.4. The topological polar surface area (TPSA) is 44.0 Å². The average Bonchev–Trinajstić information content (AvgIpc) is 2.40. The first-order chi connectivity index (χ1) is 8.31. The highest BCUT2D eigenvalue weighted by molar-refractivity contribution is 7.99. The van der Waals surface area contributed by atoms with Gasteiger partial charge in [-0.3, -0.25) is 0 Å². The average molecular weight is 241 g/mol. The second kappa shape index (κ2) is 5.53. The lowest BCUT2D eigenvalue weighted by molar-refractivity contribution is 0.282. The van der Waals surface area contributed by atoms with Crippen molar-refractivity contribution in [2.75, 3.05) is 0 Å². The number of rotatable bonds is 3. The molecule has 2 nitrogen and oxygen atoms in total. The molecule has 0 unspecified atom stereocenters. The number of aliphatic hydroxyl groups is 1. The molecular formula is C14H11NOS. The highest BCUT2D eigenvalue weighted by Gasteiger charge is 1.98. The highest BCUT2D eigenvalue weighted by Crippen LogP contribution is 2.27. The van der Waals surface area contributed by atoms with Gasteiger partial charge in [0.15, 0.2) is 0 Å². The molecule has 0 spiro atoms. The van der Waals surface area contributed by atoms with E-state index >= 15 is 0 Å². The standard InChI is InChI=1S/C14H11NOS/c15-9-11-1-5-13(6-2-11)17-14-7-3-12(10-16)4-8-14/h1-8,16H,10H2. The van der Waals surface area contributed by atoms with Crippen molar-refractivity contribution in [3.05, 3.63) is 59.7 Å². The second-order valence-electron chi connectivity index (χ2n) is 3.54. The molecule has 0 saturated heterocycles. The Labute approximate surface area is 105 Å². The normalized spacial score (nSPS) is 9.88. The van der Waals surface area contributed by atoms with Gasteiger partial charge in [0.05, 0.1) is 18.2 Å². The molecular weight excluding hydrogens is 230 g/mol. The predicted octanol–water partition coefficient (Wildman–Crippen LogP) is 3.20. The molecule has 0 saturated carbocycles. The van der Waals surface area contributed by atoms with E-state index in [2.05, 4.69) is 6.07 Å². The van der Waals surface area contributed by atoms with Crippen molar-refractivity contribution >= 4 is 11.8 Å². The zero-order valence-electron chi connectivity index (χ0n) is 9.13. The Morgan fingerprint density at radius 2 is 1.47 bits per heavy atom. The third-order valence-electron chi connectivity index (χ3n) is 2.33. The van der Waals surface area contributed by atoms with Gasteiger partial charge in [0, 0.05) is 9.79 Å². The van der Waals surface area contributed by atoms with Crippen LogP contribution >= 0.6 is 11.8 Å². The van der Waals surface area contributed by atoms with E-state index in [0.717, 1.165) is 15.4 Å². The molecule has 0 radical (unpaired) electrons. The van der Waals surface area contributed by atoms with Crippen LogP contribution in [0.25, 0.3) is 0 Å². The van der Waals surface area contributed by atoms with Crippen LogP contribution in [-0.2, 0) is 6.61 Å². The molecule has 0 aromatic heterocycles. The summed E-state index contributed by atoms with van der Waals surface area (Å²) in [7, 11) is 0. The number of hydrogen-bond acceptors (Lipinski definition) is 3. The molecule has 0 bridgehead atoms. The van der Waals surface area contributed by atoms with Crippen LogP contribution in [0.4, 0.5) is 0 Å². The molecule has 2 rings (SSSR count). The van der Waals surface area contributed by atoms with Crippen LogP contribution in [0.5, 0.6) is 0 Å². The molecule has 0 heterocycles. The van der Waals surface area contributed by atoms with Crippen molar-refractivity contribution in [3.63, 3.8) is 0 Å². The predicted molar refractivity (Wildman–Crippen MR) is 67.6 cm³/mol. The molecule has 0 atom stereocenters. The van der Waals surface area contributed by atoms with Crippen LogP contribution in [0, 0.1) is 11.3 Å². The number of nitriles is 1. The van der Waals surface area contributed by atoms with E-state index in [0.29, 0.717) is 5.56 Å². The Balaban J connectivity index is 2.11. The molecule has 1 N–H and O–H groups in total. The van der Waals surface area contributed by atoms with Crippen molar-refractivity contribution < 1.29 is 5.11 Å². The lowest BCUT2D eigenvalue weighted by Gasteiger charge is -2.02. The first-order valence-corrected chi connectivity index (χ1v) is 6.01. The third-order valence-corrected chi connectivity index (χ3v) is 3.34. The smallest absolute Gasteiger partial charge is 0.0991 e. The minimum Gasteiger partial charge on any atom is -0.392 e. The SMILES string of the molecule is N#Cc1ccc(Sc2ccc(CO)cc2)cc1. The van der Waals surface area contributed by atoms with E-state index in [4.69, 9.17) is 10.4 Å². The Bertz CT molecular complexity index is 526. The summed E-state index contributed by atoms with van der Waals surface area (Å²) in [5, 5.41) is 17.6. The van der Waals surface area contributed by atoms with Crippen LogP contribution in [0.2, 0.25) is 0 Å². The number of aliphatic hydroxyl groups excluding tert-OH is 1. The van der Waals surface area contributed by atoms with Crippen LogP contribution in [0.3, 0.4) is 0 Å². The Kier molecular flexibility index (Phi) is 3.81. The minimum absolute atomic E-state index is 0.0712. The number of nitrogens with zero attached hydrogens (tertiary/aromatic N) is 1. The van der Waals surface area contributed by atoms with Crippen molar-refractivity contribution in [1.82, 2.24) is 0 Å². The number of hydrogen-bond donors (Lipinski definition) is 1. The van der Waals surface area contributed by atoms with Gasteiger partial charge in [0.25, 0.3) is 0 Å². The monoisotopic (exact) mass is 241 g/mol. The van der Waals surface area contributed by atoms with Gasteiger partial charge in [0.2, 0.25) is 0 Å². The molecule has 0 aliphatic carbocycles. The van der Waals surface area contributed by atoms with Crippen molar-refractivity contribution in [1.29, 1.82) is 5.26 Å². The summed E-state index contributed by atoms with van der Waals surface area (Å²) < 4.78 is 0. The largest absolute Gasteiger partial charge is 0.392 e. The van der Waals surface area contributed by atoms with E-state index in [-0.39, 0.29) is 6.61 Å². The van der Waals surface area contributed by atoms with E-state index < -0.39 is 0 Å². The van der Waals surface area contributed by atoms with Crippen LogP contribution in [0.1, 0.15) is 11.1 Å². The molecule has 0 aliphatic heterocycles. The molecule has 2 aromatic carbocycles. The number of benzene rings is 2. The van der Waals surface area contributed by atoms with Crippen molar-refractivity contribution in [2.24, 2.45) is 0 Å². The first kappa shape index (κ1) is 11.7. The Hall–Kier alpha value is -1.76. The van der Waals surface area contributed by atoms with Gasteiger partial charge in [-0.25, -0.2) is 0 Å². The first-order valence-electron chi connectivity index (χ1n) is 5.19. The highest BCUT2D eigenvalue weighted by atomic mass is 32.2. The molecule has 0 amide bonds. The molecule has 17 heavy (non-hydrogen) atoms. The molecule has 0 aliphatic rings. The summed E-state index contributed by atoms with van der Waals surface area (Å²) in [6.07, 6.45) is 0. The van der Waals surface area contributed by atoms with E-state index in [1.165, 1.54) is 0 Å². The molecule has 2 aromatic rings. The van der Waals surface area contributed by atoms with Crippen LogP contribution in [0.15, 0.2) is 58.3 Å². The molecule has 3 heteroatoms. The summed E-state index contributed by atoms with van der Waals surface area (Å²) in [5.41, 5.74) is 1.58. The van der Waals surface area contributed by atoms with Gasteiger partial charge in [-0.1, -0.05) is 23.9 Å². The Morgan fingerprint density at radius 3 is 1.94 bits per heavy atom. The fourth-order valence-corrected chi connectivity index (χ4v) is 2.21. The van der Waals surface area contributed by atoms with Crippen molar-refractivity contribution in [3.8, 4) is 6.07 Å². The Morgan fingerprint density at radius 1 is 0.941 bits per heavy atom. The zero-order chi connectivity index (χ0) is 12.1. The third kappa shape index (κ3) is 3.10. The van der Waals surface area contributed by atoms with Gasteiger partial charge in [-0.05, 0) is 42.0 Å². The van der Waals surface area contributed by atoms with Crippen molar-refractivity contribution in [2.45, 2.75) is 16.4 Å². The fraction of sp³-hybridized carbons (Fsp3) is 0.0714. The van der Waals surface area contributed by atoms with Gasteiger partial charge in [0.1, 0.15) is 0 Å². The summed E-state index contributed by atoms with van der Waals surface area (Å²) in [4.78, 5) is 2.22. The molecule has 0 fully saturated rings. The lowest BCUT2D eigenvalue weighted by Crippen LogP contribution is -1.81. The maximum atomic E-state index is 8.94. The van der Waals surface area contributed by atoms with Gasteiger partial charge in [-0.15, -0.1) is 0 Å². The molecule has 84 valence electrons. The van der Waals surface area contributed by atoms with E-state index in [9.17, 15) is 0 Å². The van der Waals surface area contributed by atoms with Crippen LogP contribution in [-0.4, -0.2) is 5.11 Å². The quantitative estimate of drug-likeness (QED) is 0.897. The summed E-state index contributed by atoms with van der Waals surface area (Å²) >= 11 is 1.63. The maximum Gasteiger partial charge on any atom is 0.0991 e. The van der Waals surface area contributed by atoms with Gasteiger partial charge < -0.3 is 5.11 Å². The summed E-state index contributed by atoms with van der Waals surface area (Å²) in [5.74, 6) is 0. The van der Waals surface area contributed by atoms with E-state index in [1.807, 2.05) is 48.5 Å². The second-order valence-corrected chi connectivity index (χ2v) is 4.69. The van der Waals surface area contributed by atoms with E-state index in [1.54, 1.807) is 11.8 Å². The van der Waals surface area contributed by atoms with Gasteiger partial charge >= 0.3 is 0 Å². The zero-order valence-corrected chi connectivity index (χ0v) is 9.95. The maximum absolute atomic E-state index is 8.94.